The van der Waals surface area contributed by atoms with Crippen LogP contribution in [0.25, 0.3) is 0 Å². The van der Waals surface area contributed by atoms with Crippen molar-refractivity contribution in [2.45, 2.75) is 26.8 Å². The largest absolute Gasteiger partial charge is 0.368 e. The van der Waals surface area contributed by atoms with Crippen LogP contribution in [0, 0.1) is 17.0 Å². The Kier molecular flexibility index (Phi) is 3.01. The molecule has 0 aliphatic rings. The Morgan fingerprint density at radius 1 is 1.57 bits per heavy atom. The SMILES string of the molecule is Cc1cc(NC(C)C)ncc1[N+](=O)[O-]. The highest BCUT2D eigenvalue weighted by molar-refractivity contribution is 5.47. The van der Waals surface area contributed by atoms with E-state index < -0.39 is 4.92 Å². The molecule has 1 rings (SSSR count). The van der Waals surface area contributed by atoms with Crippen LogP contribution in [0.15, 0.2) is 12.3 Å². The number of aromatic nitrogens is 1. The highest BCUT2D eigenvalue weighted by Crippen LogP contribution is 2.18. The molecule has 0 bridgehead atoms. The molecule has 0 amide bonds. The number of pyridine rings is 1. The monoisotopic (exact) mass is 195 g/mol. The Bertz CT molecular complexity index is 350. The zero-order chi connectivity index (χ0) is 10.7. The molecule has 0 aliphatic carbocycles. The minimum Gasteiger partial charge on any atom is -0.368 e. The van der Waals surface area contributed by atoms with Gasteiger partial charge in [-0.25, -0.2) is 4.98 Å². The van der Waals surface area contributed by atoms with Gasteiger partial charge in [0.25, 0.3) is 5.69 Å². The summed E-state index contributed by atoms with van der Waals surface area (Å²) in [4.78, 5) is 14.0. The quantitative estimate of drug-likeness (QED) is 0.592. The summed E-state index contributed by atoms with van der Waals surface area (Å²) in [6.07, 6.45) is 1.28. The van der Waals surface area contributed by atoms with Gasteiger partial charge in [-0.3, -0.25) is 10.1 Å². The first-order valence-corrected chi connectivity index (χ1v) is 4.38. The number of rotatable bonds is 3. The second-order valence-electron chi connectivity index (χ2n) is 3.41. The van der Waals surface area contributed by atoms with E-state index in [4.69, 9.17) is 0 Å². The number of nitrogens with zero attached hydrogens (tertiary/aromatic N) is 2. The van der Waals surface area contributed by atoms with Crippen molar-refractivity contribution in [2.75, 3.05) is 5.32 Å². The van der Waals surface area contributed by atoms with Crippen LogP contribution in [0.3, 0.4) is 0 Å². The van der Waals surface area contributed by atoms with Crippen LogP contribution in [0.5, 0.6) is 0 Å². The van der Waals surface area contributed by atoms with Crippen molar-refractivity contribution in [1.29, 1.82) is 0 Å². The fourth-order valence-corrected chi connectivity index (χ4v) is 1.11. The fraction of sp³-hybridized carbons (Fsp3) is 0.444. The molecule has 1 heterocycles. The molecular weight excluding hydrogens is 182 g/mol. The second-order valence-corrected chi connectivity index (χ2v) is 3.41. The van der Waals surface area contributed by atoms with E-state index in [1.54, 1.807) is 13.0 Å². The van der Waals surface area contributed by atoms with E-state index in [0.29, 0.717) is 11.4 Å². The van der Waals surface area contributed by atoms with Gasteiger partial charge >= 0.3 is 0 Å². The van der Waals surface area contributed by atoms with Gasteiger partial charge < -0.3 is 5.32 Å². The van der Waals surface area contributed by atoms with Crippen LogP contribution < -0.4 is 5.32 Å². The molecule has 5 nitrogen and oxygen atoms in total. The van der Waals surface area contributed by atoms with Crippen LogP contribution in [-0.2, 0) is 0 Å². The summed E-state index contributed by atoms with van der Waals surface area (Å²) in [5.74, 6) is 0.670. The normalized spacial score (nSPS) is 10.3. The highest BCUT2D eigenvalue weighted by Gasteiger charge is 2.11. The summed E-state index contributed by atoms with van der Waals surface area (Å²) in [6.45, 7) is 5.67. The smallest absolute Gasteiger partial charge is 0.290 e. The van der Waals surface area contributed by atoms with Crippen molar-refractivity contribution in [3.8, 4) is 0 Å². The van der Waals surface area contributed by atoms with Gasteiger partial charge in [0.1, 0.15) is 12.0 Å². The predicted octanol–water partition coefficient (Wildman–Crippen LogP) is 2.12. The second kappa shape index (κ2) is 4.04. The Labute approximate surface area is 82.3 Å². The number of nitro groups is 1. The minimum atomic E-state index is -0.429. The van der Waals surface area contributed by atoms with Crippen LogP contribution in [0.4, 0.5) is 11.5 Å². The predicted molar refractivity (Wildman–Crippen MR) is 54.4 cm³/mol. The van der Waals surface area contributed by atoms with Crippen molar-refractivity contribution in [1.82, 2.24) is 4.98 Å². The molecule has 0 unspecified atom stereocenters. The third-order valence-electron chi connectivity index (χ3n) is 1.72. The van der Waals surface area contributed by atoms with E-state index in [-0.39, 0.29) is 11.7 Å². The van der Waals surface area contributed by atoms with E-state index in [2.05, 4.69) is 10.3 Å². The summed E-state index contributed by atoms with van der Waals surface area (Å²) < 4.78 is 0. The standard InChI is InChI=1S/C9H13N3O2/c1-6(2)11-9-4-7(3)8(5-10-9)12(13)14/h4-6H,1-3H3,(H,10,11). The van der Waals surface area contributed by atoms with Crippen LogP contribution >= 0.6 is 0 Å². The summed E-state index contributed by atoms with van der Waals surface area (Å²) in [5, 5.41) is 13.6. The van der Waals surface area contributed by atoms with E-state index in [9.17, 15) is 10.1 Å². The van der Waals surface area contributed by atoms with Crippen LogP contribution in [0.2, 0.25) is 0 Å². The summed E-state index contributed by atoms with van der Waals surface area (Å²) in [6, 6.07) is 1.95. The van der Waals surface area contributed by atoms with Gasteiger partial charge in [0.2, 0.25) is 0 Å². The fourth-order valence-electron chi connectivity index (χ4n) is 1.11. The van der Waals surface area contributed by atoms with Crippen molar-refractivity contribution < 1.29 is 4.92 Å². The van der Waals surface area contributed by atoms with Crippen molar-refractivity contribution >= 4 is 11.5 Å². The summed E-state index contributed by atoms with van der Waals surface area (Å²) >= 11 is 0. The van der Waals surface area contributed by atoms with Crippen molar-refractivity contribution in [3.05, 3.63) is 27.9 Å². The minimum absolute atomic E-state index is 0.0549. The first-order chi connectivity index (χ1) is 6.50. The molecule has 0 fully saturated rings. The van der Waals surface area contributed by atoms with Gasteiger partial charge in [0.15, 0.2) is 0 Å². The third kappa shape index (κ3) is 2.42. The number of hydrogen-bond acceptors (Lipinski definition) is 4. The van der Waals surface area contributed by atoms with E-state index >= 15 is 0 Å². The van der Waals surface area contributed by atoms with Crippen LogP contribution in [0.1, 0.15) is 19.4 Å². The molecule has 1 N–H and O–H groups in total. The lowest BCUT2D eigenvalue weighted by atomic mass is 10.2. The van der Waals surface area contributed by atoms with Gasteiger partial charge in [-0.1, -0.05) is 0 Å². The van der Waals surface area contributed by atoms with Gasteiger partial charge in [0.05, 0.1) is 4.92 Å². The Balaban J connectivity index is 2.94. The molecule has 0 aromatic carbocycles. The number of aryl methyl sites for hydroxylation is 1. The zero-order valence-electron chi connectivity index (χ0n) is 8.44. The molecule has 1 aromatic heterocycles. The lowest BCUT2D eigenvalue weighted by Gasteiger charge is -2.08. The van der Waals surface area contributed by atoms with E-state index in [0.717, 1.165) is 0 Å². The molecule has 0 saturated heterocycles. The maximum atomic E-state index is 10.5. The van der Waals surface area contributed by atoms with Gasteiger partial charge in [-0.2, -0.15) is 0 Å². The molecule has 0 atom stereocenters. The number of hydrogen-bond donors (Lipinski definition) is 1. The van der Waals surface area contributed by atoms with Gasteiger partial charge in [-0.05, 0) is 26.8 Å². The zero-order valence-corrected chi connectivity index (χ0v) is 8.44. The highest BCUT2D eigenvalue weighted by atomic mass is 16.6. The van der Waals surface area contributed by atoms with E-state index in [1.165, 1.54) is 6.20 Å². The van der Waals surface area contributed by atoms with E-state index in [1.807, 2.05) is 13.8 Å². The lowest BCUT2D eigenvalue weighted by Crippen LogP contribution is -2.11. The Morgan fingerprint density at radius 3 is 2.64 bits per heavy atom. The molecule has 14 heavy (non-hydrogen) atoms. The maximum absolute atomic E-state index is 10.5. The summed E-state index contributed by atoms with van der Waals surface area (Å²) in [7, 11) is 0. The molecule has 1 aromatic rings. The number of anilines is 1. The average molecular weight is 195 g/mol. The average Bonchev–Trinajstić information content (AvgIpc) is 2.01. The number of nitrogens with one attached hydrogen (secondary N) is 1. The Hall–Kier alpha value is -1.65. The lowest BCUT2D eigenvalue weighted by molar-refractivity contribution is -0.385. The molecule has 0 aliphatic heterocycles. The Morgan fingerprint density at radius 2 is 2.21 bits per heavy atom. The molecule has 0 saturated carbocycles. The van der Waals surface area contributed by atoms with Crippen LogP contribution in [-0.4, -0.2) is 15.9 Å². The molecule has 5 heteroatoms. The summed E-state index contributed by atoms with van der Waals surface area (Å²) in [5.41, 5.74) is 0.674. The van der Waals surface area contributed by atoms with Gasteiger partial charge in [0, 0.05) is 11.6 Å². The molecule has 0 radical (unpaired) electrons. The first kappa shape index (κ1) is 10.4. The molecule has 76 valence electrons. The molecule has 0 spiro atoms. The first-order valence-electron chi connectivity index (χ1n) is 4.38. The van der Waals surface area contributed by atoms with Gasteiger partial charge in [-0.15, -0.1) is 0 Å². The third-order valence-corrected chi connectivity index (χ3v) is 1.72. The topological polar surface area (TPSA) is 68.1 Å². The maximum Gasteiger partial charge on any atom is 0.290 e. The van der Waals surface area contributed by atoms with Crippen molar-refractivity contribution in [2.24, 2.45) is 0 Å². The molecular formula is C9H13N3O2. The van der Waals surface area contributed by atoms with Crippen molar-refractivity contribution in [3.63, 3.8) is 0 Å².